The number of benzene rings is 3. The average molecular weight is 515 g/mol. The van der Waals surface area contributed by atoms with Gasteiger partial charge in [0.15, 0.2) is 15.9 Å². The summed E-state index contributed by atoms with van der Waals surface area (Å²) in [6, 6.07) is 19.0. The van der Waals surface area contributed by atoms with Gasteiger partial charge >= 0.3 is 0 Å². The SMILES string of the molecule is Cc1ccc2c(c1)O[C@@H](C(=O)N[C@@H](C)c1ccc(S(C)(=O)=O)cc1)CN2S(=O)(=O)c1ccccc1. The Labute approximate surface area is 205 Å². The number of sulfone groups is 1. The third-order valence-corrected chi connectivity index (χ3v) is 8.70. The highest BCUT2D eigenvalue weighted by Crippen LogP contribution is 2.37. The number of ether oxygens (including phenoxy) is 1. The van der Waals surface area contributed by atoms with Crippen molar-refractivity contribution in [2.24, 2.45) is 0 Å². The molecule has 184 valence electrons. The molecule has 0 unspecified atom stereocenters. The van der Waals surface area contributed by atoms with Crippen molar-refractivity contribution in [2.45, 2.75) is 35.8 Å². The zero-order valence-corrected chi connectivity index (χ0v) is 21.1. The maximum atomic E-state index is 13.4. The van der Waals surface area contributed by atoms with E-state index in [1.807, 2.05) is 6.92 Å². The minimum Gasteiger partial charge on any atom is -0.476 e. The van der Waals surface area contributed by atoms with Crippen LogP contribution in [-0.2, 0) is 24.7 Å². The smallest absolute Gasteiger partial charge is 0.264 e. The molecule has 0 aromatic heterocycles. The molecule has 0 fully saturated rings. The highest BCUT2D eigenvalue weighted by atomic mass is 32.2. The molecule has 0 aliphatic carbocycles. The maximum absolute atomic E-state index is 13.4. The van der Waals surface area contributed by atoms with Gasteiger partial charge in [0.25, 0.3) is 15.9 Å². The maximum Gasteiger partial charge on any atom is 0.264 e. The number of nitrogens with one attached hydrogen (secondary N) is 1. The number of rotatable bonds is 6. The van der Waals surface area contributed by atoms with E-state index in [-0.39, 0.29) is 16.3 Å². The minimum absolute atomic E-state index is 0.118. The van der Waals surface area contributed by atoms with Crippen molar-refractivity contribution in [2.75, 3.05) is 17.1 Å². The van der Waals surface area contributed by atoms with Gasteiger partial charge in [0.05, 0.1) is 28.1 Å². The highest BCUT2D eigenvalue weighted by Gasteiger charge is 2.38. The summed E-state index contributed by atoms with van der Waals surface area (Å²) in [7, 11) is -7.27. The Morgan fingerprint density at radius 1 is 0.971 bits per heavy atom. The summed E-state index contributed by atoms with van der Waals surface area (Å²) in [6.45, 7) is 3.41. The zero-order valence-electron chi connectivity index (χ0n) is 19.5. The van der Waals surface area contributed by atoms with E-state index in [0.717, 1.165) is 11.8 Å². The normalized spacial score (nSPS) is 16.7. The molecule has 3 aromatic carbocycles. The van der Waals surface area contributed by atoms with Gasteiger partial charge in [0, 0.05) is 6.26 Å². The minimum atomic E-state index is -3.94. The molecule has 0 bridgehead atoms. The number of aryl methyl sites for hydroxylation is 1. The first-order valence-electron chi connectivity index (χ1n) is 10.9. The standard InChI is InChI=1S/C25H26N2O6S2/c1-17-9-14-22-23(15-17)33-24(16-27(22)35(31,32)21-7-5-4-6-8-21)25(28)26-18(2)19-10-12-20(13-11-19)34(3,29)30/h4-15,18,24H,16H2,1-3H3,(H,26,28)/t18-,24+/m0/s1. The van der Waals surface area contributed by atoms with E-state index in [4.69, 9.17) is 4.74 Å². The molecule has 0 saturated carbocycles. The number of sulfonamides is 1. The number of fused-ring (bicyclic) bond motifs is 1. The summed E-state index contributed by atoms with van der Waals surface area (Å²) in [5, 5.41) is 2.85. The van der Waals surface area contributed by atoms with Crippen LogP contribution in [0.25, 0.3) is 0 Å². The molecule has 0 radical (unpaired) electrons. The highest BCUT2D eigenvalue weighted by molar-refractivity contribution is 7.92. The molecule has 10 heteroatoms. The van der Waals surface area contributed by atoms with Crippen LogP contribution in [0.3, 0.4) is 0 Å². The molecule has 3 aromatic rings. The Hall–Kier alpha value is -3.37. The molecule has 2 atom stereocenters. The number of nitrogens with zero attached hydrogens (tertiary/aromatic N) is 1. The summed E-state index contributed by atoms with van der Waals surface area (Å²) in [5.41, 5.74) is 1.93. The van der Waals surface area contributed by atoms with Crippen LogP contribution in [0.4, 0.5) is 5.69 Å². The van der Waals surface area contributed by atoms with Crippen LogP contribution >= 0.6 is 0 Å². The van der Waals surface area contributed by atoms with Gasteiger partial charge in [-0.2, -0.15) is 0 Å². The van der Waals surface area contributed by atoms with Gasteiger partial charge < -0.3 is 10.1 Å². The molecule has 1 heterocycles. The number of carbonyl (C=O) groups excluding carboxylic acids is 1. The second-order valence-corrected chi connectivity index (χ2v) is 12.4. The van der Waals surface area contributed by atoms with E-state index in [1.165, 1.54) is 28.6 Å². The van der Waals surface area contributed by atoms with Crippen molar-refractivity contribution in [1.29, 1.82) is 0 Å². The molecular formula is C25H26N2O6S2. The van der Waals surface area contributed by atoms with E-state index in [9.17, 15) is 21.6 Å². The van der Waals surface area contributed by atoms with E-state index in [0.29, 0.717) is 17.0 Å². The van der Waals surface area contributed by atoms with Crippen LogP contribution in [0, 0.1) is 6.92 Å². The lowest BCUT2D eigenvalue weighted by atomic mass is 10.1. The van der Waals surface area contributed by atoms with Gasteiger partial charge in [-0.1, -0.05) is 36.4 Å². The number of hydrogen-bond donors (Lipinski definition) is 1. The van der Waals surface area contributed by atoms with Crippen LogP contribution < -0.4 is 14.4 Å². The molecule has 4 rings (SSSR count). The second-order valence-electron chi connectivity index (χ2n) is 8.50. The lowest BCUT2D eigenvalue weighted by molar-refractivity contribution is -0.128. The van der Waals surface area contributed by atoms with Crippen molar-refractivity contribution < 1.29 is 26.4 Å². The largest absolute Gasteiger partial charge is 0.476 e. The first kappa shape index (κ1) is 24.7. The predicted octanol–water partition coefficient (Wildman–Crippen LogP) is 3.23. The lowest BCUT2D eigenvalue weighted by Crippen LogP contribution is -2.51. The van der Waals surface area contributed by atoms with E-state index >= 15 is 0 Å². The Bertz CT molecular complexity index is 1450. The van der Waals surface area contributed by atoms with E-state index in [1.54, 1.807) is 55.5 Å². The summed E-state index contributed by atoms with van der Waals surface area (Å²) < 4.78 is 57.4. The molecule has 8 nitrogen and oxygen atoms in total. The van der Waals surface area contributed by atoms with Gasteiger partial charge in [-0.25, -0.2) is 16.8 Å². The Balaban J connectivity index is 1.60. The van der Waals surface area contributed by atoms with E-state index < -0.39 is 37.9 Å². The molecule has 1 aliphatic rings. The number of carbonyl (C=O) groups is 1. The molecular weight excluding hydrogens is 488 g/mol. The van der Waals surface area contributed by atoms with Gasteiger partial charge in [0.1, 0.15) is 5.75 Å². The first-order chi connectivity index (χ1) is 16.5. The van der Waals surface area contributed by atoms with Gasteiger partial charge in [-0.05, 0) is 61.4 Å². The van der Waals surface area contributed by atoms with E-state index in [2.05, 4.69) is 5.32 Å². The number of anilines is 1. The van der Waals surface area contributed by atoms with Crippen molar-refractivity contribution in [3.05, 3.63) is 83.9 Å². The third-order valence-electron chi connectivity index (χ3n) is 5.78. The Morgan fingerprint density at radius 2 is 1.63 bits per heavy atom. The zero-order chi connectivity index (χ0) is 25.4. The molecule has 1 amide bonds. The fourth-order valence-electron chi connectivity index (χ4n) is 3.84. The van der Waals surface area contributed by atoms with Crippen LogP contribution in [0.15, 0.2) is 82.6 Å². The summed E-state index contributed by atoms with van der Waals surface area (Å²) in [5.74, 6) is -0.175. The molecule has 0 spiro atoms. The van der Waals surface area contributed by atoms with Crippen molar-refractivity contribution in [3.8, 4) is 5.75 Å². The quantitative estimate of drug-likeness (QED) is 0.541. The molecule has 1 N–H and O–H groups in total. The van der Waals surface area contributed by atoms with Crippen LogP contribution in [-0.4, -0.2) is 41.6 Å². The van der Waals surface area contributed by atoms with Gasteiger partial charge in [-0.3, -0.25) is 9.10 Å². The molecule has 1 aliphatic heterocycles. The number of amides is 1. The fourth-order valence-corrected chi connectivity index (χ4v) is 5.97. The summed E-state index contributed by atoms with van der Waals surface area (Å²) in [4.78, 5) is 13.5. The summed E-state index contributed by atoms with van der Waals surface area (Å²) in [6.07, 6.45) is 0.0446. The third kappa shape index (κ3) is 5.18. The van der Waals surface area contributed by atoms with Gasteiger partial charge in [-0.15, -0.1) is 0 Å². The molecule has 35 heavy (non-hydrogen) atoms. The number of hydrogen-bond acceptors (Lipinski definition) is 6. The van der Waals surface area contributed by atoms with Gasteiger partial charge in [0.2, 0.25) is 0 Å². The van der Waals surface area contributed by atoms with Crippen molar-refractivity contribution in [3.63, 3.8) is 0 Å². The predicted molar refractivity (Wildman–Crippen MR) is 133 cm³/mol. The Morgan fingerprint density at radius 3 is 2.26 bits per heavy atom. The van der Waals surface area contributed by atoms with Crippen LogP contribution in [0.5, 0.6) is 5.75 Å². The van der Waals surface area contributed by atoms with Crippen molar-refractivity contribution in [1.82, 2.24) is 5.32 Å². The summed E-state index contributed by atoms with van der Waals surface area (Å²) >= 11 is 0. The topological polar surface area (TPSA) is 110 Å². The lowest BCUT2D eigenvalue weighted by Gasteiger charge is -2.35. The Kier molecular flexibility index (Phi) is 6.61. The van der Waals surface area contributed by atoms with Crippen molar-refractivity contribution >= 4 is 31.5 Å². The fraction of sp³-hybridized carbons (Fsp3) is 0.240. The molecule has 0 saturated heterocycles. The van der Waals surface area contributed by atoms with Crippen LogP contribution in [0.1, 0.15) is 24.1 Å². The monoisotopic (exact) mass is 514 g/mol. The second kappa shape index (κ2) is 9.35. The van der Waals surface area contributed by atoms with Crippen LogP contribution in [0.2, 0.25) is 0 Å². The average Bonchev–Trinajstić information content (AvgIpc) is 2.83. The first-order valence-corrected chi connectivity index (χ1v) is 14.3.